The van der Waals surface area contributed by atoms with Crippen molar-refractivity contribution in [3.05, 3.63) is 34.4 Å². The molecule has 0 aromatic heterocycles. The molecular formula is C14H21N3O4. The van der Waals surface area contributed by atoms with Crippen molar-refractivity contribution < 1.29 is 14.8 Å². The average Bonchev–Trinajstić information content (AvgIpc) is 2.44. The molecule has 0 bridgehead atoms. The van der Waals surface area contributed by atoms with Gasteiger partial charge in [-0.3, -0.25) is 10.1 Å². The minimum absolute atomic E-state index is 0.0376. The van der Waals surface area contributed by atoms with E-state index in [9.17, 15) is 20.0 Å². The molecule has 0 fully saturated rings. The topological polar surface area (TPSA) is 104 Å². The van der Waals surface area contributed by atoms with Gasteiger partial charge in [-0.05, 0) is 18.9 Å². The minimum Gasteiger partial charge on any atom is -0.388 e. The molecule has 0 aliphatic carbocycles. The lowest BCUT2D eigenvalue weighted by Gasteiger charge is -2.29. The molecule has 0 aliphatic heterocycles. The van der Waals surface area contributed by atoms with Crippen molar-refractivity contribution in [3.8, 4) is 0 Å². The van der Waals surface area contributed by atoms with Gasteiger partial charge in [-0.15, -0.1) is 0 Å². The highest BCUT2D eigenvalue weighted by Crippen LogP contribution is 2.19. The number of rotatable bonds is 6. The Kier molecular flexibility index (Phi) is 5.66. The van der Waals surface area contributed by atoms with Gasteiger partial charge < -0.3 is 15.7 Å². The fourth-order valence-corrected chi connectivity index (χ4v) is 1.75. The molecule has 3 N–H and O–H groups in total. The highest BCUT2D eigenvalue weighted by molar-refractivity contribution is 5.89. The molecule has 0 heterocycles. The summed E-state index contributed by atoms with van der Waals surface area (Å²) in [6, 6.07) is 5.14. The molecule has 2 atom stereocenters. The Labute approximate surface area is 123 Å². The summed E-state index contributed by atoms with van der Waals surface area (Å²) in [4.78, 5) is 21.9. The van der Waals surface area contributed by atoms with Crippen LogP contribution < -0.4 is 10.6 Å². The van der Waals surface area contributed by atoms with Gasteiger partial charge in [0.15, 0.2) is 0 Å². The fourth-order valence-electron chi connectivity index (χ4n) is 1.75. The van der Waals surface area contributed by atoms with Gasteiger partial charge >= 0.3 is 6.03 Å². The fraction of sp³-hybridized carbons (Fsp3) is 0.500. The number of hydrogen-bond acceptors (Lipinski definition) is 4. The van der Waals surface area contributed by atoms with Gasteiger partial charge in [0.1, 0.15) is 0 Å². The molecule has 2 unspecified atom stereocenters. The summed E-state index contributed by atoms with van der Waals surface area (Å²) < 4.78 is 0. The van der Waals surface area contributed by atoms with E-state index in [2.05, 4.69) is 10.6 Å². The zero-order valence-electron chi connectivity index (χ0n) is 12.4. The van der Waals surface area contributed by atoms with E-state index in [4.69, 9.17) is 0 Å². The van der Waals surface area contributed by atoms with Crippen molar-refractivity contribution in [1.82, 2.24) is 5.32 Å². The molecule has 0 saturated carbocycles. The molecule has 0 aliphatic rings. The van der Waals surface area contributed by atoms with Crippen LogP contribution in [0.5, 0.6) is 0 Å². The number of nitro benzene ring substituents is 1. The number of carbonyl (C=O) groups is 1. The summed E-state index contributed by atoms with van der Waals surface area (Å²) in [6.45, 7) is 5.63. The molecule has 0 radical (unpaired) electrons. The number of carbonyl (C=O) groups excluding carboxylic acids is 1. The normalized spacial score (nSPS) is 14.9. The van der Waals surface area contributed by atoms with Crippen molar-refractivity contribution in [2.24, 2.45) is 5.92 Å². The van der Waals surface area contributed by atoms with Crippen LogP contribution in [0.2, 0.25) is 0 Å². The van der Waals surface area contributed by atoms with Crippen molar-refractivity contribution in [3.63, 3.8) is 0 Å². The Hall–Kier alpha value is -2.15. The SMILES string of the molecule is CCC(C)C(C)(O)CNC(=O)Nc1cccc([N+](=O)[O-])c1. The van der Waals surface area contributed by atoms with E-state index in [-0.39, 0.29) is 18.2 Å². The quantitative estimate of drug-likeness (QED) is 0.554. The van der Waals surface area contributed by atoms with E-state index in [1.165, 1.54) is 18.2 Å². The molecule has 7 heteroatoms. The molecular weight excluding hydrogens is 274 g/mol. The predicted molar refractivity (Wildman–Crippen MR) is 80.2 cm³/mol. The highest BCUT2D eigenvalue weighted by atomic mass is 16.6. The van der Waals surface area contributed by atoms with Crippen molar-refractivity contribution in [2.45, 2.75) is 32.8 Å². The van der Waals surface area contributed by atoms with E-state index < -0.39 is 16.6 Å². The van der Waals surface area contributed by atoms with Crippen LogP contribution in [0, 0.1) is 16.0 Å². The Morgan fingerprint density at radius 3 is 2.76 bits per heavy atom. The summed E-state index contributed by atoms with van der Waals surface area (Å²) in [6.07, 6.45) is 0.793. The number of benzene rings is 1. The second-order valence-electron chi connectivity index (χ2n) is 5.28. The number of nitrogens with one attached hydrogen (secondary N) is 2. The van der Waals surface area contributed by atoms with E-state index >= 15 is 0 Å². The van der Waals surface area contributed by atoms with Gasteiger partial charge in [-0.1, -0.05) is 26.3 Å². The maximum absolute atomic E-state index is 11.7. The second-order valence-corrected chi connectivity index (χ2v) is 5.28. The number of hydrogen-bond donors (Lipinski definition) is 3. The van der Waals surface area contributed by atoms with Crippen LogP contribution in [0.15, 0.2) is 24.3 Å². The first-order valence-electron chi connectivity index (χ1n) is 6.78. The van der Waals surface area contributed by atoms with Crippen LogP contribution in [0.1, 0.15) is 27.2 Å². The largest absolute Gasteiger partial charge is 0.388 e. The van der Waals surface area contributed by atoms with Crippen LogP contribution in [0.3, 0.4) is 0 Å². The summed E-state index contributed by atoms with van der Waals surface area (Å²) in [5.41, 5.74) is -0.779. The number of urea groups is 1. The Morgan fingerprint density at radius 2 is 2.19 bits per heavy atom. The van der Waals surface area contributed by atoms with E-state index in [0.29, 0.717) is 5.69 Å². The average molecular weight is 295 g/mol. The Morgan fingerprint density at radius 1 is 1.52 bits per heavy atom. The summed E-state index contributed by atoms with van der Waals surface area (Å²) >= 11 is 0. The smallest absolute Gasteiger partial charge is 0.319 e. The molecule has 7 nitrogen and oxygen atoms in total. The van der Waals surface area contributed by atoms with Crippen LogP contribution in [0.4, 0.5) is 16.2 Å². The summed E-state index contributed by atoms with van der Waals surface area (Å²) in [7, 11) is 0. The van der Waals surface area contributed by atoms with E-state index in [0.717, 1.165) is 6.42 Å². The summed E-state index contributed by atoms with van der Waals surface area (Å²) in [5.74, 6) is 0.0376. The second kappa shape index (κ2) is 7.03. The first-order valence-corrected chi connectivity index (χ1v) is 6.78. The number of non-ortho nitro benzene ring substituents is 1. The van der Waals surface area contributed by atoms with Crippen LogP contribution in [-0.4, -0.2) is 28.2 Å². The van der Waals surface area contributed by atoms with Crippen molar-refractivity contribution >= 4 is 17.4 Å². The van der Waals surface area contributed by atoms with Gasteiger partial charge in [-0.25, -0.2) is 4.79 Å². The van der Waals surface area contributed by atoms with Gasteiger partial charge in [0.2, 0.25) is 0 Å². The minimum atomic E-state index is -1.01. The number of aliphatic hydroxyl groups is 1. The van der Waals surface area contributed by atoms with E-state index in [1.54, 1.807) is 13.0 Å². The third-order valence-electron chi connectivity index (χ3n) is 3.60. The van der Waals surface area contributed by atoms with Gasteiger partial charge in [-0.2, -0.15) is 0 Å². The van der Waals surface area contributed by atoms with Crippen LogP contribution >= 0.6 is 0 Å². The molecule has 0 saturated heterocycles. The lowest BCUT2D eigenvalue weighted by atomic mass is 9.89. The third-order valence-corrected chi connectivity index (χ3v) is 3.60. The molecule has 1 aromatic carbocycles. The van der Waals surface area contributed by atoms with Gasteiger partial charge in [0.05, 0.1) is 10.5 Å². The number of amides is 2. The maximum Gasteiger partial charge on any atom is 0.319 e. The first-order chi connectivity index (χ1) is 9.76. The molecule has 116 valence electrons. The summed E-state index contributed by atoms with van der Waals surface area (Å²) in [5, 5.41) is 25.9. The maximum atomic E-state index is 11.7. The van der Waals surface area contributed by atoms with Gasteiger partial charge in [0, 0.05) is 24.4 Å². The molecule has 1 aromatic rings. The Balaban J connectivity index is 2.58. The molecule has 1 rings (SSSR count). The van der Waals surface area contributed by atoms with Crippen molar-refractivity contribution in [2.75, 3.05) is 11.9 Å². The monoisotopic (exact) mass is 295 g/mol. The zero-order chi connectivity index (χ0) is 16.0. The lowest BCUT2D eigenvalue weighted by Crippen LogP contribution is -2.46. The first kappa shape index (κ1) is 16.9. The highest BCUT2D eigenvalue weighted by Gasteiger charge is 2.27. The zero-order valence-corrected chi connectivity index (χ0v) is 12.4. The van der Waals surface area contributed by atoms with Crippen molar-refractivity contribution in [1.29, 1.82) is 0 Å². The standard InChI is InChI=1S/C14H21N3O4/c1-4-10(2)14(3,19)9-15-13(18)16-11-6-5-7-12(8-11)17(20)21/h5-8,10,19H,4,9H2,1-3H3,(H2,15,16,18). The molecule has 0 spiro atoms. The lowest BCUT2D eigenvalue weighted by molar-refractivity contribution is -0.384. The number of nitrogens with zero attached hydrogens (tertiary/aromatic N) is 1. The van der Waals surface area contributed by atoms with E-state index in [1.807, 2.05) is 13.8 Å². The Bertz CT molecular complexity index is 517. The van der Waals surface area contributed by atoms with Crippen LogP contribution in [-0.2, 0) is 0 Å². The van der Waals surface area contributed by atoms with Crippen LogP contribution in [0.25, 0.3) is 0 Å². The predicted octanol–water partition coefficient (Wildman–Crippen LogP) is 2.51. The third kappa shape index (κ3) is 5.03. The molecule has 2 amide bonds. The van der Waals surface area contributed by atoms with Gasteiger partial charge in [0.25, 0.3) is 5.69 Å². The number of anilines is 1. The molecule has 21 heavy (non-hydrogen) atoms. The number of nitro groups is 1.